The van der Waals surface area contributed by atoms with Gasteiger partial charge in [-0.25, -0.2) is 4.39 Å². The van der Waals surface area contributed by atoms with Gasteiger partial charge in [-0.1, -0.05) is 72.8 Å². The van der Waals surface area contributed by atoms with Crippen molar-refractivity contribution in [3.63, 3.8) is 0 Å². The molecule has 3 aromatic rings. The molecular formula is C24H24FNO3. The number of aliphatic hydroxyl groups excluding tert-OH is 1. The molecule has 29 heavy (non-hydrogen) atoms. The Hall–Kier alpha value is -3.02. The molecule has 0 spiro atoms. The standard InChI is InChI=1S/C24H24FNO3/c1-2-29-24(28)22(23(27)19-13-15-20(25)16-14-19)26-21(17-9-5-3-6-10-17)18-11-7-4-8-12-18/h3-16,21-23,26-27H,2H2,1H3/t22-,23-/m0/s1. The van der Waals surface area contributed by atoms with Gasteiger partial charge in [-0.2, -0.15) is 0 Å². The number of halogens is 1. The molecule has 2 atom stereocenters. The van der Waals surface area contributed by atoms with E-state index in [4.69, 9.17) is 4.74 Å². The van der Waals surface area contributed by atoms with Gasteiger partial charge in [-0.05, 0) is 35.7 Å². The zero-order valence-electron chi connectivity index (χ0n) is 16.2. The fraction of sp³-hybridized carbons (Fsp3) is 0.208. The first-order valence-corrected chi connectivity index (χ1v) is 9.56. The molecule has 150 valence electrons. The minimum absolute atomic E-state index is 0.189. The fourth-order valence-electron chi connectivity index (χ4n) is 3.23. The molecule has 0 saturated heterocycles. The molecule has 0 fully saturated rings. The van der Waals surface area contributed by atoms with Crippen LogP contribution < -0.4 is 5.32 Å². The van der Waals surface area contributed by atoms with Crippen LogP contribution in [0.5, 0.6) is 0 Å². The Morgan fingerprint density at radius 2 is 1.41 bits per heavy atom. The van der Waals surface area contributed by atoms with E-state index < -0.39 is 23.9 Å². The van der Waals surface area contributed by atoms with Gasteiger partial charge in [0.15, 0.2) is 0 Å². The lowest BCUT2D eigenvalue weighted by Gasteiger charge is -2.28. The number of rotatable bonds is 8. The van der Waals surface area contributed by atoms with Crippen molar-refractivity contribution in [1.82, 2.24) is 5.32 Å². The SMILES string of the molecule is CCOC(=O)[C@@H](NC(c1ccccc1)c1ccccc1)[C@@H](O)c1ccc(F)cc1. The molecule has 0 aliphatic heterocycles. The number of carbonyl (C=O) groups is 1. The van der Waals surface area contributed by atoms with Gasteiger partial charge in [-0.3, -0.25) is 10.1 Å². The normalized spacial score (nSPS) is 13.1. The van der Waals surface area contributed by atoms with E-state index in [1.807, 2.05) is 60.7 Å². The molecule has 4 nitrogen and oxygen atoms in total. The van der Waals surface area contributed by atoms with Crippen LogP contribution in [0.4, 0.5) is 4.39 Å². The Kier molecular flexibility index (Phi) is 7.11. The lowest BCUT2D eigenvalue weighted by molar-refractivity contribution is -0.149. The van der Waals surface area contributed by atoms with Crippen LogP contribution in [0.1, 0.15) is 35.8 Å². The summed E-state index contributed by atoms with van der Waals surface area (Å²) in [5.41, 5.74) is 2.32. The first-order chi connectivity index (χ1) is 14.1. The molecule has 3 aromatic carbocycles. The van der Waals surface area contributed by atoms with Gasteiger partial charge in [0.1, 0.15) is 18.0 Å². The third-order valence-electron chi connectivity index (χ3n) is 4.68. The van der Waals surface area contributed by atoms with E-state index in [0.717, 1.165) is 11.1 Å². The smallest absolute Gasteiger partial charge is 0.326 e. The van der Waals surface area contributed by atoms with Crippen LogP contribution in [-0.2, 0) is 9.53 Å². The van der Waals surface area contributed by atoms with Gasteiger partial charge in [0.2, 0.25) is 0 Å². The molecule has 0 unspecified atom stereocenters. The number of nitrogens with one attached hydrogen (secondary N) is 1. The van der Waals surface area contributed by atoms with E-state index in [-0.39, 0.29) is 12.6 Å². The molecular weight excluding hydrogens is 369 g/mol. The minimum Gasteiger partial charge on any atom is -0.465 e. The Balaban J connectivity index is 1.97. The molecule has 5 heteroatoms. The Morgan fingerprint density at radius 1 is 0.897 bits per heavy atom. The molecule has 0 bridgehead atoms. The maximum absolute atomic E-state index is 13.3. The van der Waals surface area contributed by atoms with Crippen LogP contribution >= 0.6 is 0 Å². The summed E-state index contributed by atoms with van der Waals surface area (Å²) in [7, 11) is 0. The van der Waals surface area contributed by atoms with Crippen molar-refractivity contribution >= 4 is 5.97 Å². The topological polar surface area (TPSA) is 58.6 Å². The van der Waals surface area contributed by atoms with Crippen LogP contribution in [0.25, 0.3) is 0 Å². The first-order valence-electron chi connectivity index (χ1n) is 9.56. The highest BCUT2D eigenvalue weighted by Crippen LogP contribution is 2.26. The molecule has 2 N–H and O–H groups in total. The number of carbonyl (C=O) groups excluding carboxylic acids is 1. The number of aliphatic hydroxyl groups is 1. The quantitative estimate of drug-likeness (QED) is 0.564. The van der Waals surface area contributed by atoms with Crippen LogP contribution in [0.15, 0.2) is 84.9 Å². The second-order valence-electron chi connectivity index (χ2n) is 6.65. The summed E-state index contributed by atoms with van der Waals surface area (Å²) in [5, 5.41) is 14.2. The zero-order valence-corrected chi connectivity index (χ0v) is 16.2. The van der Waals surface area contributed by atoms with Gasteiger partial charge >= 0.3 is 5.97 Å². The van der Waals surface area contributed by atoms with Gasteiger partial charge < -0.3 is 9.84 Å². The lowest BCUT2D eigenvalue weighted by atomic mass is 9.95. The zero-order chi connectivity index (χ0) is 20.6. The summed E-state index contributed by atoms with van der Waals surface area (Å²) in [4.78, 5) is 12.7. The summed E-state index contributed by atoms with van der Waals surface area (Å²) in [6.07, 6.45) is -1.20. The molecule has 0 aromatic heterocycles. The van der Waals surface area contributed by atoms with E-state index in [9.17, 15) is 14.3 Å². The Bertz CT molecular complexity index is 861. The predicted molar refractivity (Wildman–Crippen MR) is 110 cm³/mol. The lowest BCUT2D eigenvalue weighted by Crippen LogP contribution is -2.45. The Labute approximate surface area is 170 Å². The maximum Gasteiger partial charge on any atom is 0.326 e. The maximum atomic E-state index is 13.3. The summed E-state index contributed by atoms with van der Waals surface area (Å²) in [5.74, 6) is -0.978. The van der Waals surface area contributed by atoms with Crippen molar-refractivity contribution in [2.24, 2.45) is 0 Å². The van der Waals surface area contributed by atoms with E-state index in [1.54, 1.807) is 6.92 Å². The van der Waals surface area contributed by atoms with Crippen LogP contribution in [0.2, 0.25) is 0 Å². The van der Waals surface area contributed by atoms with E-state index in [1.165, 1.54) is 24.3 Å². The van der Waals surface area contributed by atoms with Crippen LogP contribution in [-0.4, -0.2) is 23.7 Å². The van der Waals surface area contributed by atoms with Gasteiger partial charge in [0, 0.05) is 0 Å². The Morgan fingerprint density at radius 3 is 1.90 bits per heavy atom. The molecule has 0 saturated carbocycles. The molecule has 0 heterocycles. The highest BCUT2D eigenvalue weighted by Gasteiger charge is 2.32. The largest absolute Gasteiger partial charge is 0.465 e. The van der Waals surface area contributed by atoms with Crippen LogP contribution in [0, 0.1) is 5.82 Å². The molecule has 0 aliphatic carbocycles. The third kappa shape index (κ3) is 5.28. The monoisotopic (exact) mass is 393 g/mol. The summed E-state index contributed by atoms with van der Waals surface area (Å²) in [6.45, 7) is 1.90. The minimum atomic E-state index is -1.20. The van der Waals surface area contributed by atoms with Gasteiger partial charge in [-0.15, -0.1) is 0 Å². The summed E-state index contributed by atoms with van der Waals surface area (Å²) in [6, 6.07) is 23.4. The number of hydrogen-bond acceptors (Lipinski definition) is 4. The van der Waals surface area contributed by atoms with E-state index in [0.29, 0.717) is 5.56 Å². The van der Waals surface area contributed by atoms with Crippen molar-refractivity contribution in [2.45, 2.75) is 25.1 Å². The molecule has 0 amide bonds. The molecule has 0 aliphatic rings. The van der Waals surface area contributed by atoms with Crippen molar-refractivity contribution in [3.05, 3.63) is 107 Å². The number of hydrogen-bond donors (Lipinski definition) is 2. The van der Waals surface area contributed by atoms with E-state index in [2.05, 4.69) is 5.32 Å². The van der Waals surface area contributed by atoms with Crippen LogP contribution in [0.3, 0.4) is 0 Å². The molecule has 0 radical (unpaired) electrons. The van der Waals surface area contributed by atoms with Crippen molar-refractivity contribution in [1.29, 1.82) is 0 Å². The second-order valence-corrected chi connectivity index (χ2v) is 6.65. The number of ether oxygens (including phenoxy) is 1. The fourth-order valence-corrected chi connectivity index (χ4v) is 3.23. The average molecular weight is 393 g/mol. The third-order valence-corrected chi connectivity index (χ3v) is 4.68. The summed E-state index contributed by atoms with van der Waals surface area (Å²) >= 11 is 0. The van der Waals surface area contributed by atoms with Crippen molar-refractivity contribution in [3.8, 4) is 0 Å². The molecule has 3 rings (SSSR count). The summed E-state index contributed by atoms with van der Waals surface area (Å²) < 4.78 is 18.5. The van der Waals surface area contributed by atoms with Crippen molar-refractivity contribution in [2.75, 3.05) is 6.61 Å². The first kappa shape index (κ1) is 20.7. The number of benzene rings is 3. The van der Waals surface area contributed by atoms with Gasteiger partial charge in [0.05, 0.1) is 12.6 Å². The van der Waals surface area contributed by atoms with Gasteiger partial charge in [0.25, 0.3) is 0 Å². The number of esters is 1. The average Bonchev–Trinajstić information content (AvgIpc) is 2.76. The predicted octanol–water partition coefficient (Wildman–Crippen LogP) is 4.17. The highest BCUT2D eigenvalue weighted by atomic mass is 19.1. The highest BCUT2D eigenvalue weighted by molar-refractivity contribution is 5.77. The van der Waals surface area contributed by atoms with E-state index >= 15 is 0 Å². The second kappa shape index (κ2) is 9.96. The van der Waals surface area contributed by atoms with Crippen molar-refractivity contribution < 1.29 is 19.0 Å².